The van der Waals surface area contributed by atoms with Crippen LogP contribution in [0, 0.1) is 5.82 Å². The van der Waals surface area contributed by atoms with Crippen molar-refractivity contribution < 1.29 is 14.3 Å². The molecule has 0 radical (unpaired) electrons. The predicted octanol–water partition coefficient (Wildman–Crippen LogP) is 5.60. The number of fused-ring (bicyclic) bond motifs is 2. The van der Waals surface area contributed by atoms with Crippen LogP contribution < -0.4 is 10.2 Å². The predicted molar refractivity (Wildman–Crippen MR) is 147 cm³/mol. The number of phenols is 1. The molecule has 2 N–H and O–H groups in total. The first-order chi connectivity index (χ1) is 17.9. The number of nitrogens with zero attached hydrogens (tertiary/aromatic N) is 4. The van der Waals surface area contributed by atoms with Crippen LogP contribution >= 0.6 is 11.6 Å². The van der Waals surface area contributed by atoms with Crippen LogP contribution in [0.2, 0.25) is 5.02 Å². The van der Waals surface area contributed by atoms with Gasteiger partial charge in [0, 0.05) is 43.7 Å². The fourth-order valence-electron chi connectivity index (χ4n) is 4.75. The number of anilines is 2. The highest BCUT2D eigenvalue weighted by molar-refractivity contribution is 6.35. The van der Waals surface area contributed by atoms with Crippen LogP contribution in [0.1, 0.15) is 13.3 Å². The molecule has 190 valence electrons. The van der Waals surface area contributed by atoms with Gasteiger partial charge in [0.05, 0.1) is 5.02 Å². The van der Waals surface area contributed by atoms with Crippen LogP contribution in [0.25, 0.3) is 32.8 Å². The molecule has 0 aliphatic carbocycles. The highest BCUT2D eigenvalue weighted by atomic mass is 35.5. The minimum absolute atomic E-state index is 0.0184. The zero-order valence-corrected chi connectivity index (χ0v) is 21.2. The molecule has 1 saturated heterocycles. The molecule has 0 bridgehead atoms. The SMILES string of the molecule is C=CC(=O)N1CCN(c2nc(NCCC)nc3c(F)c(-c4cc(O)cc5ccccc45)c(Cl)cc23)CC1. The number of phenolic OH excluding ortho intramolecular Hbond substituents is 1. The Kier molecular flexibility index (Phi) is 6.84. The van der Waals surface area contributed by atoms with E-state index >= 15 is 4.39 Å². The lowest BCUT2D eigenvalue weighted by Gasteiger charge is -2.35. The first kappa shape index (κ1) is 24.8. The van der Waals surface area contributed by atoms with Crippen LogP contribution in [0.3, 0.4) is 0 Å². The van der Waals surface area contributed by atoms with E-state index in [1.165, 1.54) is 12.1 Å². The second kappa shape index (κ2) is 10.2. The zero-order valence-electron chi connectivity index (χ0n) is 20.5. The van der Waals surface area contributed by atoms with E-state index < -0.39 is 5.82 Å². The summed E-state index contributed by atoms with van der Waals surface area (Å²) in [5.41, 5.74) is 0.800. The van der Waals surface area contributed by atoms with Gasteiger partial charge in [0.25, 0.3) is 0 Å². The van der Waals surface area contributed by atoms with Crippen molar-refractivity contribution in [1.82, 2.24) is 14.9 Å². The minimum Gasteiger partial charge on any atom is -0.508 e. The van der Waals surface area contributed by atoms with Crippen molar-refractivity contribution in [1.29, 1.82) is 0 Å². The van der Waals surface area contributed by atoms with Crippen molar-refractivity contribution in [3.8, 4) is 16.9 Å². The molecule has 0 atom stereocenters. The maximum atomic E-state index is 16.4. The molecule has 1 aliphatic heterocycles. The highest BCUT2D eigenvalue weighted by Crippen LogP contribution is 2.42. The third-order valence-electron chi connectivity index (χ3n) is 6.58. The lowest BCUT2D eigenvalue weighted by atomic mass is 9.96. The van der Waals surface area contributed by atoms with Gasteiger partial charge in [-0.3, -0.25) is 4.79 Å². The molecule has 4 aromatic rings. The molecule has 1 amide bonds. The van der Waals surface area contributed by atoms with Crippen molar-refractivity contribution in [3.05, 3.63) is 66.0 Å². The second-order valence-corrected chi connectivity index (χ2v) is 9.38. The van der Waals surface area contributed by atoms with E-state index in [0.29, 0.717) is 55.4 Å². The standard InChI is InChI=1S/C28H27ClFN5O2/c1-3-9-31-28-32-26-21(27(33-28)35-12-10-34(11-13-35)23(37)4-2)16-22(29)24(25(26)30)20-15-18(36)14-17-7-5-6-8-19(17)20/h4-8,14-16,36H,2-3,9-13H2,1H3,(H,31,32,33). The molecule has 0 spiro atoms. The van der Waals surface area contributed by atoms with Gasteiger partial charge < -0.3 is 20.2 Å². The summed E-state index contributed by atoms with van der Waals surface area (Å²) in [6.07, 6.45) is 2.16. The molecule has 9 heteroatoms. The number of piperazine rings is 1. The van der Waals surface area contributed by atoms with Gasteiger partial charge in [-0.2, -0.15) is 4.98 Å². The fourth-order valence-corrected chi connectivity index (χ4v) is 5.05. The Balaban J connectivity index is 1.68. The summed E-state index contributed by atoms with van der Waals surface area (Å²) < 4.78 is 16.4. The van der Waals surface area contributed by atoms with Gasteiger partial charge in [0.2, 0.25) is 11.9 Å². The molecular weight excluding hydrogens is 493 g/mol. The van der Waals surface area contributed by atoms with Crippen molar-refractivity contribution in [2.45, 2.75) is 13.3 Å². The van der Waals surface area contributed by atoms with E-state index in [9.17, 15) is 9.90 Å². The van der Waals surface area contributed by atoms with Gasteiger partial charge in [-0.05, 0) is 47.0 Å². The number of amides is 1. The maximum Gasteiger partial charge on any atom is 0.246 e. The van der Waals surface area contributed by atoms with E-state index in [-0.39, 0.29) is 27.8 Å². The third-order valence-corrected chi connectivity index (χ3v) is 6.88. The summed E-state index contributed by atoms with van der Waals surface area (Å²) in [5.74, 6) is 0.200. The van der Waals surface area contributed by atoms with Crippen LogP contribution in [0.15, 0.2) is 55.1 Å². The van der Waals surface area contributed by atoms with Crippen LogP contribution in [0.4, 0.5) is 16.2 Å². The summed E-state index contributed by atoms with van der Waals surface area (Å²) in [4.78, 5) is 25.0. The van der Waals surface area contributed by atoms with Crippen molar-refractivity contribution in [2.24, 2.45) is 0 Å². The van der Waals surface area contributed by atoms with Crippen LogP contribution in [-0.2, 0) is 4.79 Å². The van der Waals surface area contributed by atoms with Crippen molar-refractivity contribution in [3.63, 3.8) is 0 Å². The second-order valence-electron chi connectivity index (χ2n) is 8.97. The number of carbonyl (C=O) groups excluding carboxylic acids is 1. The monoisotopic (exact) mass is 519 g/mol. The van der Waals surface area contributed by atoms with Gasteiger partial charge in [-0.25, -0.2) is 9.37 Å². The van der Waals surface area contributed by atoms with E-state index in [1.807, 2.05) is 36.1 Å². The number of aromatic hydroxyl groups is 1. The topological polar surface area (TPSA) is 81.6 Å². The van der Waals surface area contributed by atoms with Gasteiger partial charge in [0.15, 0.2) is 5.82 Å². The molecular formula is C28H27ClFN5O2. The average molecular weight is 520 g/mol. The highest BCUT2D eigenvalue weighted by Gasteiger charge is 2.26. The first-order valence-electron chi connectivity index (χ1n) is 12.2. The number of carbonyl (C=O) groups is 1. The Hall–Kier alpha value is -3.91. The largest absolute Gasteiger partial charge is 0.508 e. The summed E-state index contributed by atoms with van der Waals surface area (Å²) >= 11 is 6.74. The molecule has 1 fully saturated rings. The molecule has 5 rings (SSSR count). The van der Waals surface area contributed by atoms with Gasteiger partial charge in [-0.1, -0.05) is 49.4 Å². The minimum atomic E-state index is -0.582. The van der Waals surface area contributed by atoms with Crippen LogP contribution in [-0.4, -0.2) is 58.6 Å². The van der Waals surface area contributed by atoms with E-state index in [1.54, 1.807) is 17.0 Å². The van der Waals surface area contributed by atoms with E-state index in [2.05, 4.69) is 16.9 Å². The number of nitrogens with one attached hydrogen (secondary N) is 1. The van der Waals surface area contributed by atoms with Gasteiger partial charge in [-0.15, -0.1) is 0 Å². The Morgan fingerprint density at radius 1 is 1.16 bits per heavy atom. The lowest BCUT2D eigenvalue weighted by Crippen LogP contribution is -2.48. The number of hydrogen-bond donors (Lipinski definition) is 2. The quantitative estimate of drug-likeness (QED) is 0.322. The Bertz CT molecular complexity index is 1520. The number of aromatic nitrogens is 2. The molecule has 37 heavy (non-hydrogen) atoms. The lowest BCUT2D eigenvalue weighted by molar-refractivity contribution is -0.126. The first-order valence-corrected chi connectivity index (χ1v) is 12.6. The number of benzene rings is 3. The van der Waals surface area contributed by atoms with E-state index in [0.717, 1.165) is 17.2 Å². The smallest absolute Gasteiger partial charge is 0.246 e. The average Bonchev–Trinajstić information content (AvgIpc) is 2.91. The molecule has 1 aliphatic rings. The zero-order chi connectivity index (χ0) is 26.1. The Morgan fingerprint density at radius 2 is 1.92 bits per heavy atom. The Morgan fingerprint density at radius 3 is 2.65 bits per heavy atom. The fraction of sp³-hybridized carbons (Fsp3) is 0.250. The summed E-state index contributed by atoms with van der Waals surface area (Å²) in [5, 5.41) is 15.8. The number of hydrogen-bond acceptors (Lipinski definition) is 6. The molecule has 1 aromatic heterocycles. The molecule has 7 nitrogen and oxygen atoms in total. The molecule has 0 saturated carbocycles. The third kappa shape index (κ3) is 4.64. The van der Waals surface area contributed by atoms with Crippen molar-refractivity contribution >= 4 is 50.9 Å². The van der Waals surface area contributed by atoms with Gasteiger partial charge in [0.1, 0.15) is 17.1 Å². The normalized spacial score (nSPS) is 13.8. The molecule has 3 aromatic carbocycles. The summed E-state index contributed by atoms with van der Waals surface area (Å²) in [7, 11) is 0. The molecule has 2 heterocycles. The summed E-state index contributed by atoms with van der Waals surface area (Å²) in [6.45, 7) is 8.27. The maximum absolute atomic E-state index is 16.4. The number of rotatable bonds is 6. The number of halogens is 2. The van der Waals surface area contributed by atoms with Crippen molar-refractivity contribution in [2.75, 3.05) is 42.9 Å². The van der Waals surface area contributed by atoms with Crippen LogP contribution in [0.5, 0.6) is 5.75 Å². The summed E-state index contributed by atoms with van der Waals surface area (Å²) in [6, 6.07) is 12.3. The Labute approximate surface area is 219 Å². The van der Waals surface area contributed by atoms with Gasteiger partial charge >= 0.3 is 0 Å². The van der Waals surface area contributed by atoms with E-state index in [4.69, 9.17) is 16.6 Å². The molecule has 0 unspecified atom stereocenters.